The summed E-state index contributed by atoms with van der Waals surface area (Å²) in [4.78, 5) is 23.7. The molecule has 2 aromatic rings. The minimum absolute atomic E-state index is 0.110. The lowest BCUT2D eigenvalue weighted by molar-refractivity contribution is -0.118. The normalized spacial score (nSPS) is 14.0. The van der Waals surface area contributed by atoms with Gasteiger partial charge in [-0.1, -0.05) is 11.8 Å². The van der Waals surface area contributed by atoms with Crippen LogP contribution < -0.4 is 5.73 Å². The summed E-state index contributed by atoms with van der Waals surface area (Å²) in [5, 5.41) is 9.03. The first-order valence-electron chi connectivity index (χ1n) is 8.97. The van der Waals surface area contributed by atoms with Crippen molar-refractivity contribution >= 4 is 23.5 Å². The molecule has 1 amide bonds. The van der Waals surface area contributed by atoms with Gasteiger partial charge in [-0.15, -0.1) is 10.2 Å². The number of carbonyl (C=O) groups is 2. The van der Waals surface area contributed by atoms with Crippen molar-refractivity contribution < 1.29 is 9.59 Å². The fourth-order valence-corrected chi connectivity index (χ4v) is 4.23. The molecule has 1 aliphatic carbocycles. The summed E-state index contributed by atoms with van der Waals surface area (Å²) in [5.41, 5.74) is 8.23. The molecule has 1 aliphatic rings. The van der Waals surface area contributed by atoms with Crippen LogP contribution in [0, 0.1) is 13.8 Å². The van der Waals surface area contributed by atoms with Gasteiger partial charge in [0.05, 0.1) is 5.75 Å². The summed E-state index contributed by atoms with van der Waals surface area (Å²) in [6, 6.07) is 2.57. The minimum Gasteiger partial charge on any atom is -0.370 e. The maximum absolute atomic E-state index is 12.7. The zero-order valence-electron chi connectivity index (χ0n) is 15.5. The Bertz CT molecular complexity index is 835. The van der Waals surface area contributed by atoms with Gasteiger partial charge in [-0.25, -0.2) is 0 Å². The number of Topliss-reactive ketones (excluding diaryl/α,β-unsaturated/α-hetero) is 1. The number of thioether (sulfide) groups is 1. The number of rotatable bonds is 9. The molecule has 2 aromatic heterocycles. The standard InChI is InChI=1S/C18H25N5O2S/c1-4-22-17(8-7-16(19)25)20-21-18(22)26-10-15(24)14-9-11(2)23(12(14)3)13-5-6-13/h9,13H,4-8,10H2,1-3H3,(H2,19,25). The van der Waals surface area contributed by atoms with Crippen molar-refractivity contribution in [2.24, 2.45) is 5.73 Å². The van der Waals surface area contributed by atoms with E-state index in [1.54, 1.807) is 0 Å². The molecular formula is C18H25N5O2S. The average Bonchev–Trinajstić information content (AvgIpc) is 3.27. The molecule has 2 heterocycles. The Morgan fingerprint density at radius 3 is 2.65 bits per heavy atom. The van der Waals surface area contributed by atoms with Crippen molar-refractivity contribution in [1.82, 2.24) is 19.3 Å². The molecule has 0 spiro atoms. The van der Waals surface area contributed by atoms with Gasteiger partial charge >= 0.3 is 0 Å². The quantitative estimate of drug-likeness (QED) is 0.536. The maximum Gasteiger partial charge on any atom is 0.217 e. The summed E-state index contributed by atoms with van der Waals surface area (Å²) >= 11 is 1.39. The molecule has 140 valence electrons. The molecule has 3 rings (SSSR count). The summed E-state index contributed by atoms with van der Waals surface area (Å²) in [6.07, 6.45) is 3.11. The predicted octanol–water partition coefficient (Wildman–Crippen LogP) is 2.44. The van der Waals surface area contributed by atoms with Crippen LogP contribution in [0.15, 0.2) is 11.2 Å². The minimum atomic E-state index is -0.356. The van der Waals surface area contributed by atoms with E-state index in [1.807, 2.05) is 24.5 Å². The van der Waals surface area contributed by atoms with E-state index in [-0.39, 0.29) is 18.1 Å². The van der Waals surface area contributed by atoms with E-state index in [1.165, 1.54) is 24.6 Å². The molecule has 0 aliphatic heterocycles. The van der Waals surface area contributed by atoms with Crippen LogP contribution in [0.4, 0.5) is 0 Å². The molecule has 0 aromatic carbocycles. The summed E-state index contributed by atoms with van der Waals surface area (Å²) in [7, 11) is 0. The molecule has 1 saturated carbocycles. The highest BCUT2D eigenvalue weighted by atomic mass is 32.2. The first-order chi connectivity index (χ1) is 12.4. The molecule has 0 bridgehead atoms. The van der Waals surface area contributed by atoms with Crippen molar-refractivity contribution in [3.8, 4) is 0 Å². The lowest BCUT2D eigenvalue weighted by Gasteiger charge is -2.08. The second kappa shape index (κ2) is 7.65. The van der Waals surface area contributed by atoms with Gasteiger partial charge in [-0.3, -0.25) is 9.59 Å². The van der Waals surface area contributed by atoms with Crippen molar-refractivity contribution in [3.05, 3.63) is 28.8 Å². The van der Waals surface area contributed by atoms with E-state index >= 15 is 0 Å². The number of nitrogens with zero attached hydrogens (tertiary/aromatic N) is 4. The largest absolute Gasteiger partial charge is 0.370 e. The number of hydrogen-bond donors (Lipinski definition) is 1. The van der Waals surface area contributed by atoms with Gasteiger partial charge in [0.2, 0.25) is 5.91 Å². The molecule has 0 unspecified atom stereocenters. The predicted molar refractivity (Wildman–Crippen MR) is 100 cm³/mol. The van der Waals surface area contributed by atoms with Crippen LogP contribution in [0.3, 0.4) is 0 Å². The van der Waals surface area contributed by atoms with Crippen LogP contribution in [-0.2, 0) is 17.8 Å². The Morgan fingerprint density at radius 2 is 2.04 bits per heavy atom. The van der Waals surface area contributed by atoms with Gasteiger partial charge < -0.3 is 14.9 Å². The molecule has 2 N–H and O–H groups in total. The van der Waals surface area contributed by atoms with Gasteiger partial charge in [0.15, 0.2) is 10.9 Å². The molecule has 1 fully saturated rings. The highest BCUT2D eigenvalue weighted by Gasteiger charge is 2.28. The second-order valence-electron chi connectivity index (χ2n) is 6.71. The molecule has 0 atom stereocenters. The lowest BCUT2D eigenvalue weighted by Crippen LogP contribution is -2.13. The molecule has 7 nitrogen and oxygen atoms in total. The van der Waals surface area contributed by atoms with Crippen molar-refractivity contribution in [3.63, 3.8) is 0 Å². The van der Waals surface area contributed by atoms with Crippen LogP contribution in [0.5, 0.6) is 0 Å². The third kappa shape index (κ3) is 3.85. The molecule has 26 heavy (non-hydrogen) atoms. The summed E-state index contributed by atoms with van der Waals surface area (Å²) in [6.45, 7) is 6.77. The maximum atomic E-state index is 12.7. The van der Waals surface area contributed by atoms with Crippen LogP contribution in [0.1, 0.15) is 59.8 Å². The van der Waals surface area contributed by atoms with E-state index in [0.29, 0.717) is 29.9 Å². The topological polar surface area (TPSA) is 95.8 Å². The van der Waals surface area contributed by atoms with E-state index in [9.17, 15) is 9.59 Å². The fourth-order valence-electron chi connectivity index (χ4n) is 3.33. The van der Waals surface area contributed by atoms with E-state index < -0.39 is 0 Å². The number of aromatic nitrogens is 4. The van der Waals surface area contributed by atoms with Crippen molar-refractivity contribution in [1.29, 1.82) is 0 Å². The van der Waals surface area contributed by atoms with Gasteiger partial charge in [-0.2, -0.15) is 0 Å². The molecular weight excluding hydrogens is 350 g/mol. The fraction of sp³-hybridized carbons (Fsp3) is 0.556. The lowest BCUT2D eigenvalue weighted by atomic mass is 10.2. The van der Waals surface area contributed by atoms with Gasteiger partial charge in [0.25, 0.3) is 0 Å². The Kier molecular flexibility index (Phi) is 5.50. The van der Waals surface area contributed by atoms with Crippen LogP contribution >= 0.6 is 11.8 Å². The number of ketones is 1. The number of carbonyl (C=O) groups excluding carboxylic acids is 2. The third-order valence-electron chi connectivity index (χ3n) is 4.73. The van der Waals surface area contributed by atoms with E-state index in [0.717, 1.165) is 22.8 Å². The van der Waals surface area contributed by atoms with Crippen LogP contribution in [0.2, 0.25) is 0 Å². The molecule has 0 saturated heterocycles. The smallest absolute Gasteiger partial charge is 0.217 e. The van der Waals surface area contributed by atoms with E-state index in [4.69, 9.17) is 5.73 Å². The molecule has 8 heteroatoms. The number of amides is 1. The SMILES string of the molecule is CCn1c(CCC(N)=O)nnc1SCC(=O)c1cc(C)n(C2CC2)c1C. The van der Waals surface area contributed by atoms with Crippen molar-refractivity contribution in [2.45, 2.75) is 64.2 Å². The first-order valence-corrected chi connectivity index (χ1v) is 9.95. The molecule has 0 radical (unpaired) electrons. The monoisotopic (exact) mass is 375 g/mol. The van der Waals surface area contributed by atoms with Gasteiger partial charge in [-0.05, 0) is 39.7 Å². The second-order valence-corrected chi connectivity index (χ2v) is 7.65. The number of hydrogen-bond acceptors (Lipinski definition) is 5. The number of aryl methyl sites for hydroxylation is 2. The number of nitrogens with two attached hydrogens (primary N) is 1. The Balaban J connectivity index is 1.68. The van der Waals surface area contributed by atoms with Crippen LogP contribution in [-0.4, -0.2) is 36.8 Å². The highest BCUT2D eigenvalue weighted by Crippen LogP contribution is 2.38. The zero-order chi connectivity index (χ0) is 18.8. The highest BCUT2D eigenvalue weighted by molar-refractivity contribution is 7.99. The zero-order valence-corrected chi connectivity index (χ0v) is 16.3. The van der Waals surface area contributed by atoms with Crippen LogP contribution in [0.25, 0.3) is 0 Å². The number of primary amides is 1. The average molecular weight is 375 g/mol. The summed E-state index contributed by atoms with van der Waals surface area (Å²) < 4.78 is 4.22. The van der Waals surface area contributed by atoms with Gasteiger partial charge in [0, 0.05) is 42.4 Å². The van der Waals surface area contributed by atoms with E-state index in [2.05, 4.69) is 21.7 Å². The summed E-state index contributed by atoms with van der Waals surface area (Å²) in [5.74, 6) is 0.807. The third-order valence-corrected chi connectivity index (χ3v) is 5.70. The Hall–Kier alpha value is -2.09. The Labute approximate surface area is 157 Å². The van der Waals surface area contributed by atoms with Crippen molar-refractivity contribution in [2.75, 3.05) is 5.75 Å². The van der Waals surface area contributed by atoms with Gasteiger partial charge in [0.1, 0.15) is 5.82 Å². The first kappa shape index (κ1) is 18.7. The Morgan fingerprint density at radius 1 is 1.31 bits per heavy atom.